The average molecular weight is 290 g/mol. The third-order valence-electron chi connectivity index (χ3n) is 3.86. The van der Waals surface area contributed by atoms with Gasteiger partial charge in [0.2, 0.25) is 0 Å². The van der Waals surface area contributed by atoms with Crippen LogP contribution in [0.2, 0.25) is 0 Å². The van der Waals surface area contributed by atoms with Gasteiger partial charge < -0.3 is 4.90 Å². The van der Waals surface area contributed by atoms with Gasteiger partial charge in [0.25, 0.3) is 0 Å². The van der Waals surface area contributed by atoms with E-state index in [0.29, 0.717) is 0 Å². The Hall–Kier alpha value is -2.19. The summed E-state index contributed by atoms with van der Waals surface area (Å²) < 4.78 is 0. The van der Waals surface area contributed by atoms with E-state index in [1.807, 2.05) is 6.20 Å². The molecule has 0 atom stereocenters. The van der Waals surface area contributed by atoms with Gasteiger partial charge in [0.05, 0.1) is 5.69 Å². The smallest absolute Gasteiger partial charge is 0.0525 e. The third-order valence-corrected chi connectivity index (χ3v) is 3.86. The van der Waals surface area contributed by atoms with Gasteiger partial charge in [-0.2, -0.15) is 0 Å². The largest absolute Gasteiger partial charge is 0.305 e. The first-order valence-corrected chi connectivity index (χ1v) is 7.68. The molecule has 0 saturated heterocycles. The Labute approximate surface area is 132 Å². The van der Waals surface area contributed by atoms with Gasteiger partial charge in [0.1, 0.15) is 0 Å². The van der Waals surface area contributed by atoms with Crippen molar-refractivity contribution in [3.63, 3.8) is 0 Å². The number of aryl methyl sites for hydroxylation is 1. The highest BCUT2D eigenvalue weighted by molar-refractivity contribution is 5.85. The summed E-state index contributed by atoms with van der Waals surface area (Å²) in [5.41, 5.74) is 5.10. The van der Waals surface area contributed by atoms with Gasteiger partial charge in [-0.05, 0) is 49.7 Å². The molecule has 0 saturated carbocycles. The van der Waals surface area contributed by atoms with E-state index >= 15 is 0 Å². The molecule has 0 aliphatic carbocycles. The molecule has 0 amide bonds. The normalized spacial score (nSPS) is 11.3. The summed E-state index contributed by atoms with van der Waals surface area (Å²) in [7, 11) is 4.19. The molecule has 2 heteroatoms. The minimum Gasteiger partial charge on any atom is -0.305 e. The standard InChI is InChI=1S/C20H22N2/c1-15-5-4-6-16(11-15)13-20-19-8-7-17(14-22(2)3)12-18(19)9-10-21-20/h4-12H,13-14H2,1-3H3. The summed E-state index contributed by atoms with van der Waals surface area (Å²) in [6.07, 6.45) is 2.80. The van der Waals surface area contributed by atoms with Crippen LogP contribution in [0.15, 0.2) is 54.7 Å². The maximum absolute atomic E-state index is 4.61. The van der Waals surface area contributed by atoms with Crippen molar-refractivity contribution < 1.29 is 0 Å². The highest BCUT2D eigenvalue weighted by atomic mass is 15.0. The van der Waals surface area contributed by atoms with E-state index in [9.17, 15) is 0 Å². The van der Waals surface area contributed by atoms with E-state index in [4.69, 9.17) is 0 Å². The van der Waals surface area contributed by atoms with Crippen molar-refractivity contribution in [1.82, 2.24) is 9.88 Å². The number of rotatable bonds is 4. The van der Waals surface area contributed by atoms with Crippen molar-refractivity contribution in [3.05, 3.63) is 77.1 Å². The summed E-state index contributed by atoms with van der Waals surface area (Å²) in [6, 6.07) is 17.5. The van der Waals surface area contributed by atoms with Gasteiger partial charge >= 0.3 is 0 Å². The lowest BCUT2D eigenvalue weighted by atomic mass is 10.0. The lowest BCUT2D eigenvalue weighted by molar-refractivity contribution is 0.403. The zero-order valence-electron chi connectivity index (χ0n) is 13.5. The molecule has 0 aliphatic rings. The molecule has 2 aromatic carbocycles. The van der Waals surface area contributed by atoms with E-state index in [0.717, 1.165) is 18.7 Å². The third kappa shape index (κ3) is 3.34. The molecule has 0 radical (unpaired) electrons. The summed E-state index contributed by atoms with van der Waals surface area (Å²) in [5, 5.41) is 2.53. The van der Waals surface area contributed by atoms with Crippen LogP contribution in [0.5, 0.6) is 0 Å². The first-order valence-electron chi connectivity index (χ1n) is 7.68. The van der Waals surface area contributed by atoms with Gasteiger partial charge in [0, 0.05) is 24.5 Å². The molecule has 22 heavy (non-hydrogen) atoms. The Morgan fingerprint density at radius 2 is 1.82 bits per heavy atom. The molecule has 2 nitrogen and oxygen atoms in total. The van der Waals surface area contributed by atoms with Crippen molar-refractivity contribution in [2.75, 3.05) is 14.1 Å². The topological polar surface area (TPSA) is 16.1 Å². The van der Waals surface area contributed by atoms with Crippen LogP contribution in [-0.2, 0) is 13.0 Å². The van der Waals surface area contributed by atoms with Gasteiger partial charge in [-0.3, -0.25) is 4.98 Å². The molecule has 0 spiro atoms. The van der Waals surface area contributed by atoms with Crippen molar-refractivity contribution in [3.8, 4) is 0 Å². The lowest BCUT2D eigenvalue weighted by Crippen LogP contribution is -2.10. The predicted molar refractivity (Wildman–Crippen MR) is 93.1 cm³/mol. The van der Waals surface area contributed by atoms with Gasteiger partial charge in [0.15, 0.2) is 0 Å². The van der Waals surface area contributed by atoms with E-state index < -0.39 is 0 Å². The summed E-state index contributed by atoms with van der Waals surface area (Å²) >= 11 is 0. The van der Waals surface area contributed by atoms with Crippen LogP contribution in [0.1, 0.15) is 22.4 Å². The van der Waals surface area contributed by atoms with Crippen LogP contribution >= 0.6 is 0 Å². The molecule has 3 rings (SSSR count). The molecular formula is C20H22N2. The average Bonchev–Trinajstić information content (AvgIpc) is 2.46. The Kier molecular flexibility index (Phi) is 4.21. The van der Waals surface area contributed by atoms with Crippen LogP contribution in [0, 0.1) is 6.92 Å². The Morgan fingerprint density at radius 1 is 0.955 bits per heavy atom. The van der Waals surface area contributed by atoms with Crippen LogP contribution in [0.25, 0.3) is 10.8 Å². The number of benzene rings is 2. The number of hydrogen-bond donors (Lipinski definition) is 0. The van der Waals surface area contributed by atoms with E-state index in [1.54, 1.807) is 0 Å². The number of hydrogen-bond acceptors (Lipinski definition) is 2. The van der Waals surface area contributed by atoms with Crippen molar-refractivity contribution >= 4 is 10.8 Å². The molecule has 112 valence electrons. The second kappa shape index (κ2) is 6.29. The molecule has 0 aliphatic heterocycles. The minimum atomic E-state index is 0.881. The second-order valence-corrected chi connectivity index (χ2v) is 6.22. The fourth-order valence-electron chi connectivity index (χ4n) is 2.91. The van der Waals surface area contributed by atoms with E-state index in [1.165, 1.54) is 27.5 Å². The fraction of sp³-hybridized carbons (Fsp3) is 0.250. The quantitative estimate of drug-likeness (QED) is 0.716. The Balaban J connectivity index is 1.96. The van der Waals surface area contributed by atoms with Gasteiger partial charge in [-0.15, -0.1) is 0 Å². The van der Waals surface area contributed by atoms with Crippen LogP contribution in [0.4, 0.5) is 0 Å². The Morgan fingerprint density at radius 3 is 2.59 bits per heavy atom. The summed E-state index contributed by atoms with van der Waals surface area (Å²) in [4.78, 5) is 6.80. The lowest BCUT2D eigenvalue weighted by Gasteiger charge is -2.12. The minimum absolute atomic E-state index is 0.881. The first-order chi connectivity index (χ1) is 10.6. The number of nitrogens with zero attached hydrogens (tertiary/aromatic N) is 2. The van der Waals surface area contributed by atoms with Crippen molar-refractivity contribution in [1.29, 1.82) is 0 Å². The molecule has 1 heterocycles. The number of fused-ring (bicyclic) bond motifs is 1. The van der Waals surface area contributed by atoms with Crippen LogP contribution in [-0.4, -0.2) is 24.0 Å². The monoisotopic (exact) mass is 290 g/mol. The maximum atomic E-state index is 4.61. The summed E-state index contributed by atoms with van der Waals surface area (Å²) in [6.45, 7) is 3.10. The fourth-order valence-corrected chi connectivity index (χ4v) is 2.91. The van der Waals surface area contributed by atoms with E-state index in [2.05, 4.69) is 79.4 Å². The van der Waals surface area contributed by atoms with Crippen LogP contribution in [0.3, 0.4) is 0 Å². The number of aromatic nitrogens is 1. The Bertz CT molecular complexity index is 791. The highest BCUT2D eigenvalue weighted by Crippen LogP contribution is 2.21. The van der Waals surface area contributed by atoms with Gasteiger partial charge in [-0.25, -0.2) is 0 Å². The second-order valence-electron chi connectivity index (χ2n) is 6.22. The SMILES string of the molecule is Cc1cccc(Cc2nccc3cc(CN(C)C)ccc23)c1. The van der Waals surface area contributed by atoms with Crippen molar-refractivity contribution in [2.45, 2.75) is 19.9 Å². The molecule has 0 bridgehead atoms. The van der Waals surface area contributed by atoms with Gasteiger partial charge in [-0.1, -0.05) is 42.0 Å². The maximum Gasteiger partial charge on any atom is 0.0525 e. The molecule has 0 fully saturated rings. The van der Waals surface area contributed by atoms with Crippen molar-refractivity contribution in [2.24, 2.45) is 0 Å². The zero-order chi connectivity index (χ0) is 15.5. The predicted octanol–water partition coefficient (Wildman–Crippen LogP) is 4.20. The molecule has 0 unspecified atom stereocenters. The van der Waals surface area contributed by atoms with E-state index in [-0.39, 0.29) is 0 Å². The van der Waals surface area contributed by atoms with Crippen LogP contribution < -0.4 is 0 Å². The zero-order valence-corrected chi connectivity index (χ0v) is 13.5. The molecule has 1 aromatic heterocycles. The molecule has 3 aromatic rings. The highest BCUT2D eigenvalue weighted by Gasteiger charge is 2.05. The number of pyridine rings is 1. The summed E-state index contributed by atoms with van der Waals surface area (Å²) in [5.74, 6) is 0. The first kappa shape index (κ1) is 14.7. The molecular weight excluding hydrogens is 268 g/mol. The molecule has 0 N–H and O–H groups in total.